The second-order valence-corrected chi connectivity index (χ2v) is 9.99. The molecule has 4 rings (SSSR count). The van der Waals surface area contributed by atoms with Crippen LogP contribution in [0.4, 0.5) is 4.79 Å². The lowest BCUT2D eigenvalue weighted by molar-refractivity contribution is 0.0300. The molecule has 2 amide bonds. The summed E-state index contributed by atoms with van der Waals surface area (Å²) in [5.41, 5.74) is 0.835. The summed E-state index contributed by atoms with van der Waals surface area (Å²) in [4.78, 5) is 20.3. The van der Waals surface area contributed by atoms with E-state index in [-0.39, 0.29) is 17.7 Å². The number of carbonyl (C=O) groups excluding carboxylic acids is 1. The van der Waals surface area contributed by atoms with Crippen molar-refractivity contribution in [2.45, 2.75) is 30.6 Å². The smallest absolute Gasteiger partial charge is 0.320 e. The van der Waals surface area contributed by atoms with E-state index in [0.717, 1.165) is 31.6 Å². The third-order valence-electron chi connectivity index (χ3n) is 5.96. The van der Waals surface area contributed by atoms with Gasteiger partial charge in [0.25, 0.3) is 0 Å². The summed E-state index contributed by atoms with van der Waals surface area (Å²) in [6.45, 7) is 2.95. The zero-order chi connectivity index (χ0) is 18.2. The van der Waals surface area contributed by atoms with Crippen LogP contribution in [0.15, 0.2) is 24.4 Å². The summed E-state index contributed by atoms with van der Waals surface area (Å²) >= 11 is 0. The van der Waals surface area contributed by atoms with E-state index in [4.69, 9.17) is 4.74 Å². The van der Waals surface area contributed by atoms with Crippen molar-refractivity contribution in [3.63, 3.8) is 0 Å². The number of rotatable bonds is 4. The molecule has 1 unspecified atom stereocenters. The van der Waals surface area contributed by atoms with Crippen LogP contribution in [-0.4, -0.2) is 72.5 Å². The molecule has 1 spiro atoms. The molecule has 142 valence electrons. The lowest BCUT2D eigenvalue weighted by atomic mass is 9.84. The SMILES string of the molecule is O=C(N1CCCC1)N1CC2(C1)C(COCc1ccccn1)CCS2(=O)=O. The zero-order valence-corrected chi connectivity index (χ0v) is 15.7. The molecule has 3 fully saturated rings. The van der Waals surface area contributed by atoms with Gasteiger partial charge in [0.1, 0.15) is 4.75 Å². The van der Waals surface area contributed by atoms with Crippen molar-refractivity contribution < 1.29 is 17.9 Å². The van der Waals surface area contributed by atoms with E-state index in [2.05, 4.69) is 4.98 Å². The van der Waals surface area contributed by atoms with Gasteiger partial charge in [0.2, 0.25) is 0 Å². The van der Waals surface area contributed by atoms with Gasteiger partial charge in [-0.1, -0.05) is 6.07 Å². The highest BCUT2D eigenvalue weighted by Gasteiger charge is 2.62. The molecule has 0 bridgehead atoms. The summed E-state index contributed by atoms with van der Waals surface area (Å²) in [7, 11) is -3.19. The van der Waals surface area contributed by atoms with Gasteiger partial charge in [0.05, 0.1) is 24.7 Å². The summed E-state index contributed by atoms with van der Waals surface area (Å²) < 4.78 is 30.3. The number of sulfone groups is 1. The zero-order valence-electron chi connectivity index (χ0n) is 14.8. The maximum Gasteiger partial charge on any atom is 0.320 e. The minimum Gasteiger partial charge on any atom is -0.375 e. The molecule has 0 radical (unpaired) electrons. The molecule has 0 aliphatic carbocycles. The van der Waals surface area contributed by atoms with Crippen LogP contribution < -0.4 is 0 Å². The number of pyridine rings is 1. The predicted octanol–water partition coefficient (Wildman–Crippen LogP) is 1.30. The highest BCUT2D eigenvalue weighted by molar-refractivity contribution is 7.93. The molecule has 0 saturated carbocycles. The molecular weight excluding hydrogens is 354 g/mol. The maximum absolute atomic E-state index is 12.7. The number of nitrogens with zero attached hydrogens (tertiary/aromatic N) is 3. The van der Waals surface area contributed by atoms with Crippen molar-refractivity contribution in [3.05, 3.63) is 30.1 Å². The quantitative estimate of drug-likeness (QED) is 0.788. The third kappa shape index (κ3) is 2.99. The van der Waals surface area contributed by atoms with Crippen LogP contribution in [0.5, 0.6) is 0 Å². The van der Waals surface area contributed by atoms with Gasteiger partial charge in [-0.15, -0.1) is 0 Å². The Kier molecular flexibility index (Phi) is 4.64. The first-order valence-electron chi connectivity index (χ1n) is 9.26. The van der Waals surface area contributed by atoms with E-state index in [1.165, 1.54) is 0 Å². The predicted molar refractivity (Wildman–Crippen MR) is 96.3 cm³/mol. The van der Waals surface area contributed by atoms with Crippen molar-refractivity contribution in [1.29, 1.82) is 0 Å². The van der Waals surface area contributed by atoms with E-state index in [0.29, 0.717) is 32.7 Å². The molecule has 1 atom stereocenters. The van der Waals surface area contributed by atoms with Crippen LogP contribution in [0.1, 0.15) is 25.0 Å². The van der Waals surface area contributed by atoms with Crippen molar-refractivity contribution in [2.24, 2.45) is 5.92 Å². The fourth-order valence-electron chi connectivity index (χ4n) is 4.34. The van der Waals surface area contributed by atoms with Crippen molar-refractivity contribution in [2.75, 3.05) is 38.5 Å². The molecule has 4 heterocycles. The Bertz CT molecular complexity index is 756. The van der Waals surface area contributed by atoms with E-state index in [1.54, 1.807) is 11.1 Å². The average Bonchev–Trinajstić information content (AvgIpc) is 3.21. The number of amides is 2. The molecule has 1 aromatic heterocycles. The van der Waals surface area contributed by atoms with E-state index in [9.17, 15) is 13.2 Å². The van der Waals surface area contributed by atoms with Gasteiger partial charge < -0.3 is 14.5 Å². The van der Waals surface area contributed by atoms with Crippen molar-refractivity contribution in [3.8, 4) is 0 Å². The minimum atomic E-state index is -3.19. The van der Waals surface area contributed by atoms with Gasteiger partial charge in [-0.2, -0.15) is 0 Å². The van der Waals surface area contributed by atoms with Gasteiger partial charge in [0, 0.05) is 38.3 Å². The van der Waals surface area contributed by atoms with Crippen LogP contribution in [0.3, 0.4) is 0 Å². The number of likely N-dealkylation sites (tertiary alicyclic amines) is 2. The van der Waals surface area contributed by atoms with E-state index >= 15 is 0 Å². The second-order valence-electron chi connectivity index (χ2n) is 7.54. The average molecular weight is 379 g/mol. The second kappa shape index (κ2) is 6.81. The largest absolute Gasteiger partial charge is 0.375 e. The standard InChI is InChI=1S/C18H25N3O4S/c22-17(20-8-3-4-9-20)21-13-18(14-21)15(6-10-26(18,23)24)11-25-12-16-5-1-2-7-19-16/h1-2,5,7,15H,3-4,6,8-14H2. The molecule has 3 aliphatic rings. The fraction of sp³-hybridized carbons (Fsp3) is 0.667. The number of urea groups is 1. The number of ether oxygens (including phenoxy) is 1. The number of carbonyl (C=O) groups is 1. The Morgan fingerprint density at radius 3 is 2.69 bits per heavy atom. The Labute approximate surface area is 154 Å². The molecular formula is C18H25N3O4S. The van der Waals surface area contributed by atoms with Gasteiger partial charge in [-0.25, -0.2) is 13.2 Å². The fourth-order valence-corrected chi connectivity index (χ4v) is 6.74. The minimum absolute atomic E-state index is 0.0108. The third-order valence-corrected chi connectivity index (χ3v) is 8.56. The van der Waals surface area contributed by atoms with Crippen LogP contribution in [-0.2, 0) is 21.2 Å². The van der Waals surface area contributed by atoms with Crippen LogP contribution in [0.25, 0.3) is 0 Å². The summed E-state index contributed by atoms with van der Waals surface area (Å²) in [5.74, 6) is 0.134. The van der Waals surface area contributed by atoms with Crippen LogP contribution >= 0.6 is 0 Å². The summed E-state index contributed by atoms with van der Waals surface area (Å²) in [6, 6.07) is 5.63. The maximum atomic E-state index is 12.7. The Morgan fingerprint density at radius 2 is 2.00 bits per heavy atom. The summed E-state index contributed by atoms with van der Waals surface area (Å²) in [6.07, 6.45) is 4.39. The molecule has 7 nitrogen and oxygen atoms in total. The van der Waals surface area contributed by atoms with Crippen molar-refractivity contribution >= 4 is 15.9 Å². The van der Waals surface area contributed by atoms with Crippen LogP contribution in [0.2, 0.25) is 0 Å². The lowest BCUT2D eigenvalue weighted by Gasteiger charge is -2.50. The molecule has 3 aliphatic heterocycles. The highest BCUT2D eigenvalue weighted by atomic mass is 32.2. The van der Waals surface area contributed by atoms with Gasteiger partial charge in [-0.3, -0.25) is 4.98 Å². The monoisotopic (exact) mass is 379 g/mol. The lowest BCUT2D eigenvalue weighted by Crippen LogP contribution is -2.70. The molecule has 26 heavy (non-hydrogen) atoms. The molecule has 3 saturated heterocycles. The normalized spacial score (nSPS) is 26.2. The van der Waals surface area contributed by atoms with E-state index in [1.807, 2.05) is 23.1 Å². The number of aromatic nitrogens is 1. The number of hydrogen-bond donors (Lipinski definition) is 0. The first-order valence-corrected chi connectivity index (χ1v) is 10.9. The molecule has 1 aromatic rings. The Balaban J connectivity index is 1.38. The highest BCUT2D eigenvalue weighted by Crippen LogP contribution is 2.45. The molecule has 8 heteroatoms. The summed E-state index contributed by atoms with van der Waals surface area (Å²) in [5, 5.41) is 0. The van der Waals surface area contributed by atoms with Crippen molar-refractivity contribution in [1.82, 2.24) is 14.8 Å². The molecule has 0 aromatic carbocycles. The topological polar surface area (TPSA) is 79.8 Å². The number of hydrogen-bond acceptors (Lipinski definition) is 5. The Morgan fingerprint density at radius 1 is 1.23 bits per heavy atom. The van der Waals surface area contributed by atoms with E-state index < -0.39 is 14.6 Å². The van der Waals surface area contributed by atoms with Gasteiger partial charge in [0.15, 0.2) is 9.84 Å². The first kappa shape index (κ1) is 17.7. The van der Waals surface area contributed by atoms with Crippen LogP contribution in [0, 0.1) is 5.92 Å². The van der Waals surface area contributed by atoms with Gasteiger partial charge >= 0.3 is 6.03 Å². The van der Waals surface area contributed by atoms with Gasteiger partial charge in [-0.05, 0) is 31.4 Å². The first-order chi connectivity index (χ1) is 12.5. The Hall–Kier alpha value is -1.67. The molecule has 0 N–H and O–H groups in total.